The fourth-order valence-corrected chi connectivity index (χ4v) is 3.51. The Morgan fingerprint density at radius 1 is 1.26 bits per heavy atom. The molecule has 3 rings (SSSR count). The topological polar surface area (TPSA) is 38.9 Å². The Balaban J connectivity index is 1.95. The van der Waals surface area contributed by atoms with Gasteiger partial charge in [0.15, 0.2) is 0 Å². The zero-order valence-corrected chi connectivity index (χ0v) is 12.9. The lowest BCUT2D eigenvalue weighted by atomic mass is 9.80. The molecule has 0 bridgehead atoms. The van der Waals surface area contributed by atoms with Crippen LogP contribution in [-0.2, 0) is 6.42 Å². The van der Waals surface area contributed by atoms with Crippen LogP contribution in [0.2, 0.25) is 0 Å². The summed E-state index contributed by atoms with van der Waals surface area (Å²) < 4.78 is 1.24. The van der Waals surface area contributed by atoms with Crippen LogP contribution in [0.4, 0.5) is 0 Å². The van der Waals surface area contributed by atoms with E-state index in [1.165, 1.54) is 26.8 Å². The molecule has 1 aromatic heterocycles. The second kappa shape index (κ2) is 5.59. The molecule has 1 aliphatic carbocycles. The summed E-state index contributed by atoms with van der Waals surface area (Å²) in [7, 11) is 0. The summed E-state index contributed by atoms with van der Waals surface area (Å²) in [6, 6.07) is 12.8. The lowest BCUT2D eigenvalue weighted by Crippen LogP contribution is -2.24. The van der Waals surface area contributed by atoms with Gasteiger partial charge in [0.05, 0.1) is 0 Å². The molecular weight excluding hydrogens is 347 g/mol. The van der Waals surface area contributed by atoms with E-state index in [4.69, 9.17) is 5.73 Å². The highest BCUT2D eigenvalue weighted by Gasteiger charge is 2.27. The van der Waals surface area contributed by atoms with E-state index in [-0.39, 0.29) is 6.04 Å². The number of nitrogens with zero attached hydrogens (tertiary/aromatic N) is 1. The number of halogens is 1. The molecule has 0 aliphatic heterocycles. The standard InChI is InChI=1S/C16H17IN2/c17-13-7-1-5-12(10-13)15(18)14-8-2-4-11-6-3-9-19-16(11)14/h1,3,5-7,9-10,14-15H,2,4,8,18H2. The summed E-state index contributed by atoms with van der Waals surface area (Å²) in [5, 5.41) is 0. The molecule has 0 amide bonds. The summed E-state index contributed by atoms with van der Waals surface area (Å²) in [5.74, 6) is 0.350. The quantitative estimate of drug-likeness (QED) is 0.824. The van der Waals surface area contributed by atoms with Gasteiger partial charge in [-0.25, -0.2) is 0 Å². The van der Waals surface area contributed by atoms with Crippen molar-refractivity contribution < 1.29 is 0 Å². The van der Waals surface area contributed by atoms with Crippen LogP contribution in [0.5, 0.6) is 0 Å². The van der Waals surface area contributed by atoms with Gasteiger partial charge in [0.1, 0.15) is 0 Å². The third-order valence-electron chi connectivity index (χ3n) is 3.91. The Hall–Kier alpha value is -0.940. The minimum Gasteiger partial charge on any atom is -0.323 e. The third kappa shape index (κ3) is 2.67. The minimum atomic E-state index is 0.0451. The van der Waals surface area contributed by atoms with Crippen molar-refractivity contribution in [2.24, 2.45) is 5.73 Å². The molecule has 98 valence electrons. The highest BCUT2D eigenvalue weighted by Crippen LogP contribution is 2.37. The summed E-state index contributed by atoms with van der Waals surface area (Å²) in [4.78, 5) is 4.59. The van der Waals surface area contributed by atoms with Crippen molar-refractivity contribution in [2.45, 2.75) is 31.2 Å². The second-order valence-corrected chi connectivity index (χ2v) is 6.37. The van der Waals surface area contributed by atoms with Crippen LogP contribution in [0.3, 0.4) is 0 Å². The van der Waals surface area contributed by atoms with E-state index in [1.54, 1.807) is 0 Å². The van der Waals surface area contributed by atoms with Crippen LogP contribution in [0.1, 0.15) is 41.6 Å². The van der Waals surface area contributed by atoms with E-state index in [0.717, 1.165) is 12.8 Å². The second-order valence-electron chi connectivity index (χ2n) is 5.13. The molecule has 19 heavy (non-hydrogen) atoms. The van der Waals surface area contributed by atoms with E-state index in [0.29, 0.717) is 5.92 Å². The molecule has 2 unspecified atom stereocenters. The summed E-state index contributed by atoms with van der Waals surface area (Å²) in [5.41, 5.74) is 10.3. The molecule has 1 aromatic carbocycles. The van der Waals surface area contributed by atoms with Gasteiger partial charge in [-0.1, -0.05) is 18.2 Å². The Morgan fingerprint density at radius 3 is 3.00 bits per heavy atom. The average Bonchev–Trinajstić information content (AvgIpc) is 2.46. The average molecular weight is 364 g/mol. The number of aromatic nitrogens is 1. The van der Waals surface area contributed by atoms with Gasteiger partial charge in [0, 0.05) is 27.4 Å². The van der Waals surface area contributed by atoms with Crippen LogP contribution >= 0.6 is 22.6 Å². The highest BCUT2D eigenvalue weighted by atomic mass is 127. The van der Waals surface area contributed by atoms with E-state index in [9.17, 15) is 0 Å². The Labute approximate surface area is 127 Å². The van der Waals surface area contributed by atoms with Gasteiger partial charge in [-0.15, -0.1) is 0 Å². The van der Waals surface area contributed by atoms with Crippen LogP contribution < -0.4 is 5.73 Å². The van der Waals surface area contributed by atoms with E-state index < -0.39 is 0 Å². The van der Waals surface area contributed by atoms with Gasteiger partial charge in [0.2, 0.25) is 0 Å². The van der Waals surface area contributed by atoms with Gasteiger partial charge in [-0.2, -0.15) is 0 Å². The zero-order chi connectivity index (χ0) is 13.2. The van der Waals surface area contributed by atoms with Crippen LogP contribution in [0.15, 0.2) is 42.6 Å². The van der Waals surface area contributed by atoms with Crippen molar-refractivity contribution >= 4 is 22.6 Å². The molecule has 2 nitrogen and oxygen atoms in total. The van der Waals surface area contributed by atoms with Crippen molar-refractivity contribution in [3.05, 3.63) is 63.0 Å². The minimum absolute atomic E-state index is 0.0451. The highest BCUT2D eigenvalue weighted by molar-refractivity contribution is 14.1. The molecule has 0 saturated heterocycles. The van der Waals surface area contributed by atoms with E-state index >= 15 is 0 Å². The van der Waals surface area contributed by atoms with Gasteiger partial charge in [-0.05, 0) is 71.2 Å². The summed E-state index contributed by atoms with van der Waals surface area (Å²) >= 11 is 2.34. The lowest BCUT2D eigenvalue weighted by molar-refractivity contribution is 0.462. The first kappa shape index (κ1) is 13.1. The van der Waals surface area contributed by atoms with Crippen molar-refractivity contribution in [3.63, 3.8) is 0 Å². The van der Waals surface area contributed by atoms with Gasteiger partial charge in [-0.3, -0.25) is 4.98 Å². The lowest BCUT2D eigenvalue weighted by Gasteiger charge is -2.29. The van der Waals surface area contributed by atoms with Crippen molar-refractivity contribution in [3.8, 4) is 0 Å². The number of aryl methyl sites for hydroxylation is 1. The molecule has 0 fully saturated rings. The number of pyridine rings is 1. The number of rotatable bonds is 2. The molecule has 1 heterocycles. The van der Waals surface area contributed by atoms with Gasteiger partial charge < -0.3 is 5.73 Å². The maximum absolute atomic E-state index is 6.51. The Bertz CT molecular complexity index is 582. The van der Waals surface area contributed by atoms with E-state index in [2.05, 4.69) is 57.9 Å². The molecule has 2 N–H and O–H groups in total. The SMILES string of the molecule is NC(c1cccc(I)c1)C1CCCc2cccnc21. The first-order valence-electron chi connectivity index (χ1n) is 6.70. The number of fused-ring (bicyclic) bond motifs is 1. The van der Waals surface area contributed by atoms with Crippen LogP contribution in [0.25, 0.3) is 0 Å². The van der Waals surface area contributed by atoms with Crippen LogP contribution in [0, 0.1) is 3.57 Å². The smallest absolute Gasteiger partial charge is 0.0485 e. The Kier molecular flexibility index (Phi) is 3.84. The van der Waals surface area contributed by atoms with Gasteiger partial charge in [0.25, 0.3) is 0 Å². The molecule has 2 atom stereocenters. The fraction of sp³-hybridized carbons (Fsp3) is 0.312. The summed E-state index contributed by atoms with van der Waals surface area (Å²) in [6.45, 7) is 0. The van der Waals surface area contributed by atoms with Crippen molar-refractivity contribution in [1.82, 2.24) is 4.98 Å². The van der Waals surface area contributed by atoms with Crippen molar-refractivity contribution in [1.29, 1.82) is 0 Å². The maximum Gasteiger partial charge on any atom is 0.0485 e. The number of hydrogen-bond acceptors (Lipinski definition) is 2. The molecular formula is C16H17IN2. The molecule has 0 saturated carbocycles. The van der Waals surface area contributed by atoms with Gasteiger partial charge >= 0.3 is 0 Å². The fourth-order valence-electron chi connectivity index (χ4n) is 2.94. The van der Waals surface area contributed by atoms with Crippen LogP contribution in [-0.4, -0.2) is 4.98 Å². The molecule has 0 spiro atoms. The number of benzene rings is 1. The predicted molar refractivity (Wildman–Crippen MR) is 86.0 cm³/mol. The first-order valence-corrected chi connectivity index (χ1v) is 7.78. The molecule has 3 heteroatoms. The first-order chi connectivity index (χ1) is 9.25. The number of nitrogens with two attached hydrogens (primary N) is 1. The summed E-state index contributed by atoms with van der Waals surface area (Å²) in [6.07, 6.45) is 5.37. The Morgan fingerprint density at radius 2 is 2.16 bits per heavy atom. The van der Waals surface area contributed by atoms with Crippen molar-refractivity contribution in [2.75, 3.05) is 0 Å². The molecule has 1 aliphatic rings. The maximum atomic E-state index is 6.51. The molecule has 2 aromatic rings. The zero-order valence-electron chi connectivity index (χ0n) is 10.7. The molecule has 0 radical (unpaired) electrons. The number of hydrogen-bond donors (Lipinski definition) is 1. The monoisotopic (exact) mass is 364 g/mol. The largest absolute Gasteiger partial charge is 0.323 e. The predicted octanol–water partition coefficient (Wildman–Crippen LogP) is 3.81. The normalized spacial score (nSPS) is 19.8. The third-order valence-corrected chi connectivity index (χ3v) is 4.58. The van der Waals surface area contributed by atoms with E-state index in [1.807, 2.05) is 12.3 Å².